The first-order valence-electron chi connectivity index (χ1n) is 8.69. The zero-order valence-corrected chi connectivity index (χ0v) is 16.0. The number of carbonyl (C=O) groups excluding carboxylic acids is 1. The number of thioether (sulfide) groups is 1. The number of hydrogen-bond acceptors (Lipinski definition) is 6. The van der Waals surface area contributed by atoms with E-state index < -0.39 is 0 Å². The molecule has 0 unspecified atom stereocenters. The van der Waals surface area contributed by atoms with Crippen LogP contribution in [0.2, 0.25) is 0 Å². The quantitative estimate of drug-likeness (QED) is 0.557. The standard InChI is InChI=1S/C20H21N3O3S/c1-3-25-16-11-10-14(17(13-16)26-4-2)12-18-19(24)21-20(27-18)23-22-15-8-6-5-7-9-15/h5-13,22H,3-4H2,1-2H3,(H,21,23,24)/b18-12+. The van der Waals surface area contributed by atoms with Crippen LogP contribution >= 0.6 is 11.8 Å². The topological polar surface area (TPSA) is 72.0 Å². The van der Waals surface area contributed by atoms with Crippen LogP contribution in [0.1, 0.15) is 19.4 Å². The van der Waals surface area contributed by atoms with Gasteiger partial charge in [0.2, 0.25) is 0 Å². The van der Waals surface area contributed by atoms with Gasteiger partial charge in [-0.3, -0.25) is 15.5 Å². The van der Waals surface area contributed by atoms with Gasteiger partial charge in [0.25, 0.3) is 5.91 Å². The maximum Gasteiger partial charge on any atom is 0.264 e. The number of amidine groups is 1. The van der Waals surface area contributed by atoms with Crippen molar-refractivity contribution in [2.75, 3.05) is 18.6 Å². The molecule has 2 aromatic carbocycles. The highest BCUT2D eigenvalue weighted by Gasteiger charge is 2.24. The van der Waals surface area contributed by atoms with Gasteiger partial charge in [-0.2, -0.15) is 0 Å². The van der Waals surface area contributed by atoms with Gasteiger partial charge in [-0.05, 0) is 56.0 Å². The number of rotatable bonds is 7. The Morgan fingerprint density at radius 1 is 1.11 bits per heavy atom. The van der Waals surface area contributed by atoms with Gasteiger partial charge in [0.1, 0.15) is 11.5 Å². The average Bonchev–Trinajstić information content (AvgIpc) is 3.03. The summed E-state index contributed by atoms with van der Waals surface area (Å²) in [5.41, 5.74) is 4.59. The summed E-state index contributed by atoms with van der Waals surface area (Å²) in [6.07, 6.45) is 1.80. The summed E-state index contributed by atoms with van der Waals surface area (Å²) in [6.45, 7) is 4.96. The number of anilines is 1. The van der Waals surface area contributed by atoms with Crippen LogP contribution in [0, 0.1) is 0 Å². The number of nitrogens with zero attached hydrogens (tertiary/aromatic N) is 1. The lowest BCUT2D eigenvalue weighted by Gasteiger charge is -2.10. The van der Waals surface area contributed by atoms with Gasteiger partial charge in [0.05, 0.1) is 23.8 Å². The van der Waals surface area contributed by atoms with Crippen molar-refractivity contribution in [1.82, 2.24) is 5.32 Å². The third-order valence-electron chi connectivity index (χ3n) is 3.59. The highest BCUT2D eigenvalue weighted by atomic mass is 32.2. The Balaban J connectivity index is 1.77. The first-order valence-corrected chi connectivity index (χ1v) is 9.50. The molecule has 2 N–H and O–H groups in total. The van der Waals surface area contributed by atoms with Crippen molar-refractivity contribution < 1.29 is 14.3 Å². The molecule has 7 heteroatoms. The summed E-state index contributed by atoms with van der Waals surface area (Å²) in [6, 6.07) is 15.1. The molecular formula is C20H21N3O3S. The van der Waals surface area contributed by atoms with E-state index in [4.69, 9.17) is 9.47 Å². The molecule has 6 nitrogen and oxygen atoms in total. The van der Waals surface area contributed by atoms with Crippen molar-refractivity contribution in [3.8, 4) is 11.5 Å². The van der Waals surface area contributed by atoms with Gasteiger partial charge in [-0.25, -0.2) is 0 Å². The minimum atomic E-state index is -0.190. The lowest BCUT2D eigenvalue weighted by molar-refractivity contribution is -0.115. The minimum Gasteiger partial charge on any atom is -0.494 e. The van der Waals surface area contributed by atoms with E-state index in [9.17, 15) is 4.79 Å². The van der Waals surface area contributed by atoms with Crippen LogP contribution in [0.25, 0.3) is 6.08 Å². The molecule has 0 spiro atoms. The first-order chi connectivity index (χ1) is 13.2. The highest BCUT2D eigenvalue weighted by Crippen LogP contribution is 2.31. The highest BCUT2D eigenvalue weighted by molar-refractivity contribution is 8.18. The normalized spacial score (nSPS) is 16.4. The Labute approximate surface area is 162 Å². The molecule has 2 aromatic rings. The number of carbonyl (C=O) groups is 1. The van der Waals surface area contributed by atoms with Gasteiger partial charge >= 0.3 is 0 Å². The van der Waals surface area contributed by atoms with Crippen molar-refractivity contribution in [2.45, 2.75) is 13.8 Å². The summed E-state index contributed by atoms with van der Waals surface area (Å²) in [5, 5.41) is 7.49. The molecule has 0 bridgehead atoms. The number of nitrogens with one attached hydrogen (secondary N) is 2. The monoisotopic (exact) mass is 383 g/mol. The summed E-state index contributed by atoms with van der Waals surface area (Å²) in [5.74, 6) is 1.23. The number of amides is 1. The van der Waals surface area contributed by atoms with E-state index in [0.29, 0.717) is 29.0 Å². The molecule has 1 fully saturated rings. The lowest BCUT2D eigenvalue weighted by atomic mass is 10.1. The summed E-state index contributed by atoms with van der Waals surface area (Å²) < 4.78 is 11.2. The van der Waals surface area contributed by atoms with Crippen LogP contribution in [0.3, 0.4) is 0 Å². The van der Waals surface area contributed by atoms with E-state index in [-0.39, 0.29) is 5.91 Å². The number of benzene rings is 2. The molecule has 1 aliphatic rings. The zero-order chi connectivity index (χ0) is 19.1. The molecule has 0 aliphatic carbocycles. The van der Waals surface area contributed by atoms with Crippen LogP contribution in [-0.4, -0.2) is 24.3 Å². The van der Waals surface area contributed by atoms with Crippen molar-refractivity contribution in [1.29, 1.82) is 0 Å². The fourth-order valence-corrected chi connectivity index (χ4v) is 3.19. The van der Waals surface area contributed by atoms with E-state index in [1.54, 1.807) is 6.08 Å². The first kappa shape index (κ1) is 18.8. The molecule has 3 rings (SSSR count). The second kappa shape index (κ2) is 9.14. The van der Waals surface area contributed by atoms with Crippen molar-refractivity contribution in [2.24, 2.45) is 5.10 Å². The predicted molar refractivity (Wildman–Crippen MR) is 110 cm³/mol. The molecule has 0 aromatic heterocycles. The van der Waals surface area contributed by atoms with E-state index in [2.05, 4.69) is 15.8 Å². The van der Waals surface area contributed by atoms with Crippen LogP contribution in [0.5, 0.6) is 11.5 Å². The smallest absolute Gasteiger partial charge is 0.264 e. The number of hydrogen-bond donors (Lipinski definition) is 2. The average molecular weight is 383 g/mol. The predicted octanol–water partition coefficient (Wildman–Crippen LogP) is 4.07. The maximum atomic E-state index is 12.3. The van der Waals surface area contributed by atoms with Gasteiger partial charge in [-0.1, -0.05) is 18.2 Å². The van der Waals surface area contributed by atoms with E-state index in [1.807, 2.05) is 62.4 Å². The molecule has 1 heterocycles. The Morgan fingerprint density at radius 2 is 1.89 bits per heavy atom. The van der Waals surface area contributed by atoms with Crippen LogP contribution in [-0.2, 0) is 4.79 Å². The van der Waals surface area contributed by atoms with Gasteiger partial charge in [0.15, 0.2) is 5.17 Å². The molecule has 1 amide bonds. The summed E-state index contributed by atoms with van der Waals surface area (Å²) in [7, 11) is 0. The Bertz CT molecular complexity index is 866. The minimum absolute atomic E-state index is 0.190. The SMILES string of the molecule is CCOc1ccc(/C=C2/S/C(=N/Nc3ccccc3)NC2=O)c(OCC)c1. The molecule has 1 aliphatic heterocycles. The van der Waals surface area contributed by atoms with Gasteiger partial charge in [-0.15, -0.1) is 5.10 Å². The van der Waals surface area contributed by atoms with E-state index in [1.165, 1.54) is 11.8 Å². The Hall–Kier alpha value is -2.93. The van der Waals surface area contributed by atoms with Crippen molar-refractivity contribution in [3.63, 3.8) is 0 Å². The molecule has 27 heavy (non-hydrogen) atoms. The summed E-state index contributed by atoms with van der Waals surface area (Å²) in [4.78, 5) is 12.8. The maximum absolute atomic E-state index is 12.3. The molecule has 140 valence electrons. The molecule has 0 radical (unpaired) electrons. The van der Waals surface area contributed by atoms with E-state index in [0.717, 1.165) is 17.0 Å². The number of para-hydroxylation sites is 1. The van der Waals surface area contributed by atoms with Gasteiger partial charge < -0.3 is 9.47 Å². The molecular weight excluding hydrogens is 362 g/mol. The van der Waals surface area contributed by atoms with Crippen molar-refractivity contribution >= 4 is 34.6 Å². The van der Waals surface area contributed by atoms with Crippen LogP contribution < -0.4 is 20.2 Å². The largest absolute Gasteiger partial charge is 0.494 e. The third kappa shape index (κ3) is 5.04. The molecule has 0 saturated carbocycles. The second-order valence-electron chi connectivity index (χ2n) is 5.53. The zero-order valence-electron chi connectivity index (χ0n) is 15.2. The fourth-order valence-electron chi connectivity index (χ4n) is 2.42. The van der Waals surface area contributed by atoms with Crippen LogP contribution in [0.15, 0.2) is 58.5 Å². The van der Waals surface area contributed by atoms with Gasteiger partial charge in [0, 0.05) is 11.6 Å². The van der Waals surface area contributed by atoms with Crippen molar-refractivity contribution in [3.05, 3.63) is 59.0 Å². The number of ether oxygens (including phenoxy) is 2. The lowest BCUT2D eigenvalue weighted by Crippen LogP contribution is -2.20. The Kier molecular flexibility index (Phi) is 6.38. The van der Waals surface area contributed by atoms with E-state index >= 15 is 0 Å². The second-order valence-corrected chi connectivity index (χ2v) is 6.56. The summed E-state index contributed by atoms with van der Waals surface area (Å²) >= 11 is 1.28. The molecule has 1 saturated heterocycles. The molecule has 0 atom stereocenters. The fraction of sp³-hybridized carbons (Fsp3) is 0.200. The number of hydrazone groups is 1. The Morgan fingerprint density at radius 3 is 2.63 bits per heavy atom. The van der Waals surface area contributed by atoms with Crippen LogP contribution in [0.4, 0.5) is 5.69 Å². The third-order valence-corrected chi connectivity index (χ3v) is 4.50.